The van der Waals surface area contributed by atoms with Crippen LogP contribution in [-0.4, -0.2) is 37.2 Å². The van der Waals surface area contributed by atoms with E-state index in [-0.39, 0.29) is 13.2 Å². The number of hydrogen-bond donors (Lipinski definition) is 1. The van der Waals surface area contributed by atoms with Gasteiger partial charge in [0, 0.05) is 22.2 Å². The fraction of sp³-hybridized carbons (Fsp3) is 0.222. The Morgan fingerprint density at radius 1 is 1.20 bits per heavy atom. The number of allylic oxidation sites excluding steroid dienone is 1. The zero-order valence-corrected chi connectivity index (χ0v) is 20.4. The summed E-state index contributed by atoms with van der Waals surface area (Å²) >= 11 is 1.51. The second-order valence-electron chi connectivity index (χ2n) is 8.14. The number of carbonyl (C=O) groups excluding carboxylic acids is 2. The molecule has 3 heterocycles. The van der Waals surface area contributed by atoms with E-state index in [1.54, 1.807) is 14.0 Å². The molecule has 178 valence electrons. The van der Waals surface area contributed by atoms with Crippen molar-refractivity contribution in [3.63, 3.8) is 0 Å². The number of dihydropyridines is 1. The number of aromatic nitrogens is 1. The van der Waals surface area contributed by atoms with Gasteiger partial charge < -0.3 is 19.5 Å². The summed E-state index contributed by atoms with van der Waals surface area (Å²) in [5, 5.41) is 5.97. The Balaban J connectivity index is 1.61. The first-order valence-electron chi connectivity index (χ1n) is 11.3. The van der Waals surface area contributed by atoms with Crippen LogP contribution >= 0.6 is 11.3 Å². The van der Waals surface area contributed by atoms with Gasteiger partial charge in [-0.15, -0.1) is 11.3 Å². The van der Waals surface area contributed by atoms with Crippen LogP contribution in [0.2, 0.25) is 0 Å². The quantitative estimate of drug-likeness (QED) is 0.498. The Labute approximate surface area is 207 Å². The average molecular weight is 489 g/mol. The third-order valence-corrected chi connectivity index (χ3v) is 6.98. The number of nitrogens with one attached hydrogen (secondary N) is 1. The number of carbonyl (C=O) groups is 2. The maximum atomic E-state index is 13.1. The average Bonchev–Trinajstić information content (AvgIpc) is 3.51. The van der Waals surface area contributed by atoms with E-state index >= 15 is 0 Å². The number of ether oxygens (including phenoxy) is 3. The third kappa shape index (κ3) is 4.10. The fourth-order valence-electron chi connectivity index (χ4n) is 4.49. The maximum absolute atomic E-state index is 13.1. The van der Waals surface area contributed by atoms with Gasteiger partial charge in [0.05, 0.1) is 42.2 Å². The molecule has 2 aliphatic rings. The van der Waals surface area contributed by atoms with Crippen LogP contribution in [0.1, 0.15) is 25.3 Å². The number of benzene rings is 2. The van der Waals surface area contributed by atoms with E-state index in [4.69, 9.17) is 19.2 Å². The third-order valence-electron chi connectivity index (χ3n) is 6.10. The Morgan fingerprint density at radius 3 is 2.71 bits per heavy atom. The first-order valence-corrected chi connectivity index (χ1v) is 12.1. The Kier molecular flexibility index (Phi) is 6.13. The number of rotatable bonds is 6. The molecule has 2 aliphatic heterocycles. The van der Waals surface area contributed by atoms with Gasteiger partial charge in [0.1, 0.15) is 17.4 Å². The van der Waals surface area contributed by atoms with Crippen LogP contribution < -0.4 is 10.1 Å². The standard InChI is InChI=1S/C27H24N2O5S/c1-4-33-26(30)22-15(2)28-20-13-34-27(31)24(20)23(22)18-7-5-6-8-19(18)25-29-21(14-35-25)16-9-11-17(32-3)12-10-16/h5-12,14,23,28H,4,13H2,1-3H3. The van der Waals surface area contributed by atoms with E-state index in [0.29, 0.717) is 22.5 Å². The van der Waals surface area contributed by atoms with E-state index in [2.05, 4.69) is 5.32 Å². The maximum Gasteiger partial charge on any atom is 0.337 e. The Hall–Kier alpha value is -3.91. The van der Waals surface area contributed by atoms with Crippen molar-refractivity contribution in [3.05, 3.63) is 82.0 Å². The summed E-state index contributed by atoms with van der Waals surface area (Å²) < 4.78 is 16.0. The zero-order valence-electron chi connectivity index (χ0n) is 19.6. The predicted molar refractivity (Wildman–Crippen MR) is 133 cm³/mol. The van der Waals surface area contributed by atoms with Gasteiger partial charge in [-0.05, 0) is 43.7 Å². The Bertz CT molecular complexity index is 1370. The summed E-state index contributed by atoms with van der Waals surface area (Å²) in [6, 6.07) is 15.5. The molecule has 1 aromatic heterocycles. The van der Waals surface area contributed by atoms with E-state index in [9.17, 15) is 9.59 Å². The highest BCUT2D eigenvalue weighted by Crippen LogP contribution is 2.45. The highest BCUT2D eigenvalue weighted by Gasteiger charge is 2.42. The number of nitrogens with zero attached hydrogens (tertiary/aromatic N) is 1. The van der Waals surface area contributed by atoms with Crippen LogP contribution in [0, 0.1) is 0 Å². The molecule has 0 spiro atoms. The van der Waals surface area contributed by atoms with Crippen molar-refractivity contribution in [1.29, 1.82) is 0 Å². The predicted octanol–water partition coefficient (Wildman–Crippen LogP) is 4.82. The molecule has 0 saturated carbocycles. The summed E-state index contributed by atoms with van der Waals surface area (Å²) in [6.07, 6.45) is 0. The minimum Gasteiger partial charge on any atom is -0.497 e. The molecule has 8 heteroatoms. The van der Waals surface area contributed by atoms with Crippen LogP contribution in [0.25, 0.3) is 21.8 Å². The number of cyclic esters (lactones) is 1. The smallest absolute Gasteiger partial charge is 0.337 e. The molecule has 0 saturated heterocycles. The molecule has 1 unspecified atom stereocenters. The monoisotopic (exact) mass is 488 g/mol. The van der Waals surface area contributed by atoms with Crippen LogP contribution in [0.5, 0.6) is 5.75 Å². The van der Waals surface area contributed by atoms with Crippen molar-refractivity contribution in [2.45, 2.75) is 19.8 Å². The van der Waals surface area contributed by atoms with Crippen molar-refractivity contribution >= 4 is 23.3 Å². The molecule has 7 nitrogen and oxygen atoms in total. The second-order valence-corrected chi connectivity index (χ2v) is 9.00. The molecule has 0 fully saturated rings. The Morgan fingerprint density at radius 2 is 1.97 bits per heavy atom. The van der Waals surface area contributed by atoms with Crippen molar-refractivity contribution < 1.29 is 23.8 Å². The van der Waals surface area contributed by atoms with Crippen molar-refractivity contribution in [2.24, 2.45) is 0 Å². The number of esters is 2. The summed E-state index contributed by atoms with van der Waals surface area (Å²) in [4.78, 5) is 30.7. The summed E-state index contributed by atoms with van der Waals surface area (Å²) in [6.45, 7) is 3.97. The molecular weight excluding hydrogens is 464 g/mol. The number of methoxy groups -OCH3 is 1. The van der Waals surface area contributed by atoms with Crippen LogP contribution in [-0.2, 0) is 19.1 Å². The lowest BCUT2D eigenvalue weighted by Gasteiger charge is -2.28. The van der Waals surface area contributed by atoms with Gasteiger partial charge in [0.15, 0.2) is 0 Å². The van der Waals surface area contributed by atoms with Crippen LogP contribution in [0.15, 0.2) is 76.5 Å². The van der Waals surface area contributed by atoms with Gasteiger partial charge in [-0.3, -0.25) is 0 Å². The fourth-order valence-corrected chi connectivity index (χ4v) is 5.37. The van der Waals surface area contributed by atoms with Gasteiger partial charge in [-0.1, -0.05) is 24.3 Å². The topological polar surface area (TPSA) is 86.8 Å². The molecule has 5 rings (SSSR count). The van der Waals surface area contributed by atoms with Crippen molar-refractivity contribution in [1.82, 2.24) is 10.3 Å². The molecule has 2 aromatic carbocycles. The SMILES string of the molecule is CCOC(=O)C1=C(C)NC2=C(C(=O)OC2)C1c1ccccc1-c1nc(-c2ccc(OC)cc2)cs1. The highest BCUT2D eigenvalue weighted by atomic mass is 32.1. The molecule has 1 atom stereocenters. The minimum absolute atomic E-state index is 0.152. The van der Waals surface area contributed by atoms with Gasteiger partial charge >= 0.3 is 11.9 Å². The molecule has 1 N–H and O–H groups in total. The summed E-state index contributed by atoms with van der Waals surface area (Å²) in [5.41, 5.74) is 5.65. The van der Waals surface area contributed by atoms with E-state index in [1.807, 2.05) is 60.8 Å². The molecule has 3 aromatic rings. The number of thiazole rings is 1. The van der Waals surface area contributed by atoms with Gasteiger partial charge in [0.2, 0.25) is 0 Å². The number of hydrogen-bond acceptors (Lipinski definition) is 8. The minimum atomic E-state index is -0.621. The largest absolute Gasteiger partial charge is 0.497 e. The highest BCUT2D eigenvalue weighted by molar-refractivity contribution is 7.13. The molecular formula is C27H24N2O5S. The first kappa shape index (κ1) is 22.9. The van der Waals surface area contributed by atoms with E-state index in [1.165, 1.54) is 11.3 Å². The van der Waals surface area contributed by atoms with E-state index in [0.717, 1.165) is 33.1 Å². The normalized spacial score (nSPS) is 17.1. The van der Waals surface area contributed by atoms with Gasteiger partial charge in [-0.25, -0.2) is 14.6 Å². The van der Waals surface area contributed by atoms with Crippen molar-refractivity contribution in [2.75, 3.05) is 20.3 Å². The summed E-state index contributed by atoms with van der Waals surface area (Å²) in [7, 11) is 1.63. The van der Waals surface area contributed by atoms with Gasteiger partial charge in [0.25, 0.3) is 0 Å². The van der Waals surface area contributed by atoms with Crippen LogP contribution in [0.4, 0.5) is 0 Å². The molecule has 35 heavy (non-hydrogen) atoms. The molecule has 0 radical (unpaired) electrons. The first-order chi connectivity index (χ1) is 17.0. The van der Waals surface area contributed by atoms with Gasteiger partial charge in [-0.2, -0.15) is 0 Å². The molecule has 0 aliphatic carbocycles. The van der Waals surface area contributed by atoms with E-state index < -0.39 is 17.9 Å². The lowest BCUT2D eigenvalue weighted by Crippen LogP contribution is -2.30. The zero-order chi connectivity index (χ0) is 24.5. The van der Waals surface area contributed by atoms with Crippen molar-refractivity contribution in [3.8, 4) is 27.6 Å². The van der Waals surface area contributed by atoms with Crippen LogP contribution in [0.3, 0.4) is 0 Å². The lowest BCUT2D eigenvalue weighted by molar-refractivity contribution is -0.138. The second kappa shape index (κ2) is 9.38. The molecule has 0 bridgehead atoms. The molecule has 0 amide bonds. The summed E-state index contributed by atoms with van der Waals surface area (Å²) in [5.74, 6) is -0.729. The lowest BCUT2D eigenvalue weighted by atomic mass is 9.79.